The van der Waals surface area contributed by atoms with Crippen LogP contribution in [0.2, 0.25) is 0 Å². The molecule has 3 N–H and O–H groups in total. The van der Waals surface area contributed by atoms with Crippen LogP contribution in [0.15, 0.2) is 0 Å². The standard InChI is InChI=1S/C12H21NO2/c1-11(2)7-4-5-12(11,3)8(6-7)9(13)10(14)15/h7-9H,4-6,13H2,1-3H3,(H,14,15)/t7-,8-,9-,12+/m1/s1. The highest BCUT2D eigenvalue weighted by molar-refractivity contribution is 5.73. The maximum atomic E-state index is 11.0. The van der Waals surface area contributed by atoms with Gasteiger partial charge in [0.2, 0.25) is 0 Å². The molecule has 0 spiro atoms. The Morgan fingerprint density at radius 3 is 2.40 bits per heavy atom. The van der Waals surface area contributed by atoms with E-state index in [9.17, 15) is 4.79 Å². The van der Waals surface area contributed by atoms with Crippen LogP contribution in [0.5, 0.6) is 0 Å². The Bertz CT molecular complexity index is 300. The molecule has 4 atom stereocenters. The summed E-state index contributed by atoms with van der Waals surface area (Å²) in [5, 5.41) is 9.03. The lowest BCUT2D eigenvalue weighted by molar-refractivity contribution is -0.141. The molecule has 3 heteroatoms. The van der Waals surface area contributed by atoms with Gasteiger partial charge < -0.3 is 10.8 Å². The molecule has 15 heavy (non-hydrogen) atoms. The highest BCUT2D eigenvalue weighted by Crippen LogP contribution is 2.68. The van der Waals surface area contributed by atoms with E-state index in [-0.39, 0.29) is 16.7 Å². The van der Waals surface area contributed by atoms with Crippen molar-refractivity contribution in [3.05, 3.63) is 0 Å². The number of hydrogen-bond donors (Lipinski definition) is 2. The van der Waals surface area contributed by atoms with Crippen molar-refractivity contribution in [3.8, 4) is 0 Å². The lowest BCUT2D eigenvalue weighted by atomic mass is 9.65. The van der Waals surface area contributed by atoms with Crippen LogP contribution in [0, 0.1) is 22.7 Å². The van der Waals surface area contributed by atoms with E-state index in [0.29, 0.717) is 5.92 Å². The molecule has 3 nitrogen and oxygen atoms in total. The van der Waals surface area contributed by atoms with Gasteiger partial charge in [-0.25, -0.2) is 0 Å². The van der Waals surface area contributed by atoms with Crippen LogP contribution in [0.1, 0.15) is 40.0 Å². The minimum Gasteiger partial charge on any atom is -0.480 e. The number of aliphatic carboxylic acids is 1. The summed E-state index contributed by atoms with van der Waals surface area (Å²) >= 11 is 0. The molecule has 2 fully saturated rings. The zero-order valence-corrected chi connectivity index (χ0v) is 9.79. The molecule has 2 bridgehead atoms. The minimum atomic E-state index is -0.843. The van der Waals surface area contributed by atoms with Crippen molar-refractivity contribution in [2.75, 3.05) is 0 Å². The normalized spacial score (nSPS) is 44.3. The molecule has 2 saturated carbocycles. The van der Waals surface area contributed by atoms with Crippen molar-refractivity contribution >= 4 is 5.97 Å². The Balaban J connectivity index is 2.30. The number of fused-ring (bicyclic) bond motifs is 2. The van der Waals surface area contributed by atoms with E-state index in [4.69, 9.17) is 10.8 Å². The molecule has 0 saturated heterocycles. The summed E-state index contributed by atoms with van der Waals surface area (Å²) < 4.78 is 0. The second-order valence-corrected chi connectivity index (χ2v) is 6.08. The third kappa shape index (κ3) is 1.19. The summed E-state index contributed by atoms with van der Waals surface area (Å²) in [7, 11) is 0. The first-order chi connectivity index (χ1) is 6.80. The van der Waals surface area contributed by atoms with Gasteiger partial charge in [-0.15, -0.1) is 0 Å². The highest BCUT2D eigenvalue weighted by atomic mass is 16.4. The van der Waals surface area contributed by atoms with Crippen molar-refractivity contribution in [3.63, 3.8) is 0 Å². The van der Waals surface area contributed by atoms with Crippen LogP contribution in [0.4, 0.5) is 0 Å². The molecule has 2 rings (SSSR count). The number of carbonyl (C=O) groups is 1. The first-order valence-electron chi connectivity index (χ1n) is 5.79. The minimum absolute atomic E-state index is 0.121. The summed E-state index contributed by atoms with van der Waals surface area (Å²) in [6.07, 6.45) is 3.37. The van der Waals surface area contributed by atoms with Crippen LogP contribution in [-0.2, 0) is 4.79 Å². The van der Waals surface area contributed by atoms with Gasteiger partial charge in [-0.1, -0.05) is 20.8 Å². The SMILES string of the molecule is CC1(C)[C@@H]2CC[C@@]1(C)[C@@H]([C@@H](N)C(=O)O)C2. The summed E-state index contributed by atoms with van der Waals surface area (Å²) in [5.74, 6) is -0.0220. The van der Waals surface area contributed by atoms with Gasteiger partial charge in [0.1, 0.15) is 6.04 Å². The largest absolute Gasteiger partial charge is 0.480 e. The fraction of sp³-hybridized carbons (Fsp3) is 0.917. The second kappa shape index (κ2) is 2.97. The molecule has 86 valence electrons. The van der Waals surface area contributed by atoms with Gasteiger partial charge in [-0.2, -0.15) is 0 Å². The quantitative estimate of drug-likeness (QED) is 0.732. The van der Waals surface area contributed by atoms with Crippen LogP contribution in [0.3, 0.4) is 0 Å². The molecule has 2 aliphatic carbocycles. The molecule has 0 unspecified atom stereocenters. The highest BCUT2D eigenvalue weighted by Gasteiger charge is 2.63. The Morgan fingerprint density at radius 2 is 2.07 bits per heavy atom. The van der Waals surface area contributed by atoms with Gasteiger partial charge in [-0.05, 0) is 41.9 Å². The first kappa shape index (κ1) is 10.9. The number of hydrogen-bond acceptors (Lipinski definition) is 2. The fourth-order valence-corrected chi connectivity index (χ4v) is 3.98. The Hall–Kier alpha value is -0.570. The van der Waals surface area contributed by atoms with Gasteiger partial charge in [0, 0.05) is 0 Å². The molecule has 0 aromatic rings. The van der Waals surface area contributed by atoms with Crippen LogP contribution >= 0.6 is 0 Å². The molecule has 0 aromatic carbocycles. The van der Waals surface area contributed by atoms with Crippen LogP contribution in [0.25, 0.3) is 0 Å². The number of carboxylic acids is 1. The molecular weight excluding hydrogens is 190 g/mol. The van der Waals surface area contributed by atoms with E-state index in [1.165, 1.54) is 6.42 Å². The van der Waals surface area contributed by atoms with E-state index in [0.717, 1.165) is 12.8 Å². The van der Waals surface area contributed by atoms with E-state index < -0.39 is 12.0 Å². The Morgan fingerprint density at radius 1 is 1.47 bits per heavy atom. The lowest BCUT2D eigenvalue weighted by Gasteiger charge is -2.40. The molecule has 0 aliphatic heterocycles. The summed E-state index contributed by atoms with van der Waals surface area (Å²) in [6, 6.07) is -0.681. The third-order valence-electron chi connectivity index (χ3n) is 5.58. The van der Waals surface area contributed by atoms with Crippen LogP contribution in [-0.4, -0.2) is 17.1 Å². The maximum absolute atomic E-state index is 11.0. The van der Waals surface area contributed by atoms with E-state index in [1.54, 1.807) is 0 Å². The molecule has 0 heterocycles. The molecule has 0 aromatic heterocycles. The lowest BCUT2D eigenvalue weighted by Crippen LogP contribution is -2.46. The smallest absolute Gasteiger partial charge is 0.320 e. The average molecular weight is 211 g/mol. The van der Waals surface area contributed by atoms with Crippen molar-refractivity contribution in [1.82, 2.24) is 0 Å². The summed E-state index contributed by atoms with van der Waals surface area (Å²) in [6.45, 7) is 6.78. The number of rotatable bonds is 2. The number of nitrogens with two attached hydrogens (primary N) is 1. The maximum Gasteiger partial charge on any atom is 0.320 e. The van der Waals surface area contributed by atoms with E-state index >= 15 is 0 Å². The zero-order chi connectivity index (χ0) is 11.4. The molecular formula is C12H21NO2. The van der Waals surface area contributed by atoms with Crippen molar-refractivity contribution in [2.45, 2.75) is 46.1 Å². The van der Waals surface area contributed by atoms with Gasteiger partial charge in [0.05, 0.1) is 0 Å². The predicted molar refractivity (Wildman–Crippen MR) is 58.3 cm³/mol. The molecule has 0 amide bonds. The Kier molecular flexibility index (Phi) is 2.16. The number of carboxylic acid groups (broad SMARTS) is 1. The Labute approximate surface area is 91.0 Å². The predicted octanol–water partition coefficient (Wildman–Crippen LogP) is 1.86. The summed E-state index contributed by atoms with van der Waals surface area (Å²) in [5.41, 5.74) is 6.19. The van der Waals surface area contributed by atoms with Crippen molar-refractivity contribution in [1.29, 1.82) is 0 Å². The van der Waals surface area contributed by atoms with Gasteiger partial charge >= 0.3 is 5.97 Å². The molecule has 2 aliphatic rings. The molecule has 0 radical (unpaired) electrons. The van der Waals surface area contributed by atoms with Crippen molar-refractivity contribution in [2.24, 2.45) is 28.4 Å². The van der Waals surface area contributed by atoms with Crippen molar-refractivity contribution < 1.29 is 9.90 Å². The van der Waals surface area contributed by atoms with E-state index in [2.05, 4.69) is 20.8 Å². The van der Waals surface area contributed by atoms with E-state index in [1.807, 2.05) is 0 Å². The summed E-state index contributed by atoms with van der Waals surface area (Å²) in [4.78, 5) is 11.0. The van der Waals surface area contributed by atoms with Gasteiger partial charge in [-0.3, -0.25) is 4.79 Å². The monoisotopic (exact) mass is 211 g/mol. The fourth-order valence-electron chi connectivity index (χ4n) is 3.98. The zero-order valence-electron chi connectivity index (χ0n) is 9.79. The van der Waals surface area contributed by atoms with Gasteiger partial charge in [0.15, 0.2) is 0 Å². The first-order valence-corrected chi connectivity index (χ1v) is 5.79. The average Bonchev–Trinajstić information content (AvgIpc) is 2.47. The third-order valence-corrected chi connectivity index (χ3v) is 5.58. The topological polar surface area (TPSA) is 63.3 Å². The van der Waals surface area contributed by atoms with Crippen LogP contribution < -0.4 is 5.73 Å². The van der Waals surface area contributed by atoms with Gasteiger partial charge in [0.25, 0.3) is 0 Å². The second-order valence-electron chi connectivity index (χ2n) is 6.08.